The van der Waals surface area contributed by atoms with Gasteiger partial charge >= 0.3 is 0 Å². The summed E-state index contributed by atoms with van der Waals surface area (Å²) < 4.78 is 10.6. The molecule has 7 nitrogen and oxygen atoms in total. The molecule has 0 saturated heterocycles. The van der Waals surface area contributed by atoms with E-state index in [9.17, 15) is 10.2 Å². The molecular weight excluding hydrogens is 429 g/mol. The summed E-state index contributed by atoms with van der Waals surface area (Å²) in [6, 6.07) is 12.0. The molecule has 1 heterocycles. The predicted octanol–water partition coefficient (Wildman–Crippen LogP) is 4.19. The van der Waals surface area contributed by atoms with Crippen LogP contribution in [0.25, 0.3) is 11.3 Å². The van der Waals surface area contributed by atoms with Gasteiger partial charge in [-0.15, -0.1) is 10.2 Å². The topological polar surface area (TPSA) is 96.7 Å². The first kappa shape index (κ1) is 22.0. The molecule has 9 heteroatoms. The van der Waals surface area contributed by atoms with Crippen LogP contribution in [0.15, 0.2) is 42.5 Å². The fraction of sp³-hybridized carbons (Fsp3) is 0.238. The van der Waals surface area contributed by atoms with Crippen molar-refractivity contribution >= 4 is 29.0 Å². The predicted molar refractivity (Wildman–Crippen MR) is 117 cm³/mol. The van der Waals surface area contributed by atoms with Gasteiger partial charge in [0.25, 0.3) is 0 Å². The first-order chi connectivity index (χ1) is 14.4. The fourth-order valence-electron chi connectivity index (χ4n) is 2.94. The minimum absolute atomic E-state index is 0.0963. The molecule has 0 aliphatic heterocycles. The van der Waals surface area contributed by atoms with Gasteiger partial charge in [0.1, 0.15) is 5.82 Å². The molecule has 3 aromatic rings. The summed E-state index contributed by atoms with van der Waals surface area (Å²) in [6.07, 6.45) is 0.545. The second-order valence-electron chi connectivity index (χ2n) is 6.51. The van der Waals surface area contributed by atoms with Crippen molar-refractivity contribution in [2.75, 3.05) is 26.1 Å². The molecule has 2 aromatic carbocycles. The van der Waals surface area contributed by atoms with Crippen molar-refractivity contribution in [2.24, 2.45) is 0 Å². The Bertz CT molecular complexity index is 993. The summed E-state index contributed by atoms with van der Waals surface area (Å²) in [4.78, 5) is 0. The molecule has 1 unspecified atom stereocenters. The van der Waals surface area contributed by atoms with Gasteiger partial charge in [0.15, 0.2) is 17.2 Å². The number of phenolic OH excluding ortho intramolecular Hbond substituents is 1. The van der Waals surface area contributed by atoms with Crippen molar-refractivity contribution in [1.82, 2.24) is 10.2 Å². The zero-order valence-electron chi connectivity index (χ0n) is 16.4. The SMILES string of the molecule is COc1ccc(CC(CO)Nc2ccc(-c3cc(Cl)c(O)c(Cl)c3)nn2)cc1OC. The first-order valence-corrected chi connectivity index (χ1v) is 9.81. The Morgan fingerprint density at radius 1 is 0.967 bits per heavy atom. The summed E-state index contributed by atoms with van der Waals surface area (Å²) in [5, 5.41) is 31.2. The van der Waals surface area contributed by atoms with Crippen LogP contribution in [-0.2, 0) is 6.42 Å². The molecule has 0 amide bonds. The van der Waals surface area contributed by atoms with Crippen molar-refractivity contribution in [1.29, 1.82) is 0 Å². The third-order valence-corrected chi connectivity index (χ3v) is 5.06. The van der Waals surface area contributed by atoms with E-state index < -0.39 is 0 Å². The van der Waals surface area contributed by atoms with E-state index in [0.717, 1.165) is 5.56 Å². The smallest absolute Gasteiger partial charge is 0.160 e. The highest BCUT2D eigenvalue weighted by Gasteiger charge is 2.13. The van der Waals surface area contributed by atoms with Crippen molar-refractivity contribution < 1.29 is 19.7 Å². The van der Waals surface area contributed by atoms with Crippen LogP contribution in [0.5, 0.6) is 17.2 Å². The van der Waals surface area contributed by atoms with E-state index in [-0.39, 0.29) is 28.4 Å². The molecular formula is C21H21Cl2N3O4. The van der Waals surface area contributed by atoms with Crippen LogP contribution in [0.4, 0.5) is 5.82 Å². The molecule has 1 aromatic heterocycles. The first-order valence-electron chi connectivity index (χ1n) is 9.05. The van der Waals surface area contributed by atoms with E-state index in [4.69, 9.17) is 32.7 Å². The Morgan fingerprint density at radius 2 is 1.67 bits per heavy atom. The van der Waals surface area contributed by atoms with E-state index in [1.807, 2.05) is 18.2 Å². The lowest BCUT2D eigenvalue weighted by atomic mass is 10.1. The van der Waals surface area contributed by atoms with Crippen LogP contribution >= 0.6 is 23.2 Å². The second-order valence-corrected chi connectivity index (χ2v) is 7.32. The van der Waals surface area contributed by atoms with Crippen LogP contribution in [0.3, 0.4) is 0 Å². The maximum atomic E-state index is 9.78. The van der Waals surface area contributed by atoms with Gasteiger partial charge in [0, 0.05) is 5.56 Å². The maximum absolute atomic E-state index is 9.78. The lowest BCUT2D eigenvalue weighted by molar-refractivity contribution is 0.273. The van der Waals surface area contributed by atoms with E-state index in [1.54, 1.807) is 38.5 Å². The number of hydrogen-bond acceptors (Lipinski definition) is 7. The monoisotopic (exact) mass is 449 g/mol. The highest BCUT2D eigenvalue weighted by atomic mass is 35.5. The van der Waals surface area contributed by atoms with E-state index >= 15 is 0 Å². The average Bonchev–Trinajstić information content (AvgIpc) is 2.77. The summed E-state index contributed by atoms with van der Waals surface area (Å²) in [5.41, 5.74) is 2.15. The molecule has 3 rings (SSSR count). The summed E-state index contributed by atoms with van der Waals surface area (Å²) in [6.45, 7) is -0.0963. The molecule has 0 fully saturated rings. The van der Waals surface area contributed by atoms with Gasteiger partial charge in [-0.05, 0) is 48.4 Å². The van der Waals surface area contributed by atoms with Crippen molar-refractivity contribution in [3.05, 3.63) is 58.1 Å². The second kappa shape index (κ2) is 9.84. The Kier molecular flexibility index (Phi) is 7.20. The number of nitrogens with zero attached hydrogens (tertiary/aromatic N) is 2. The Hall–Kier alpha value is -2.74. The number of benzene rings is 2. The minimum Gasteiger partial charge on any atom is -0.505 e. The molecule has 1 atom stereocenters. The molecule has 0 bridgehead atoms. The number of aromatic hydroxyl groups is 1. The van der Waals surface area contributed by atoms with Crippen molar-refractivity contribution in [3.63, 3.8) is 0 Å². The van der Waals surface area contributed by atoms with Gasteiger partial charge in [-0.1, -0.05) is 29.3 Å². The molecule has 0 spiro atoms. The van der Waals surface area contributed by atoms with E-state index in [0.29, 0.717) is 35.0 Å². The quantitative estimate of drug-likeness (QED) is 0.474. The third-order valence-electron chi connectivity index (χ3n) is 4.48. The highest BCUT2D eigenvalue weighted by Crippen LogP contribution is 2.35. The zero-order chi connectivity index (χ0) is 21.7. The number of halogens is 2. The molecule has 3 N–H and O–H groups in total. The molecule has 0 aliphatic carbocycles. The molecule has 0 radical (unpaired) electrons. The fourth-order valence-corrected chi connectivity index (χ4v) is 3.43. The average molecular weight is 450 g/mol. The van der Waals surface area contributed by atoms with Gasteiger partial charge < -0.3 is 25.0 Å². The molecule has 0 saturated carbocycles. The maximum Gasteiger partial charge on any atom is 0.160 e. The van der Waals surface area contributed by atoms with Crippen LogP contribution < -0.4 is 14.8 Å². The third kappa shape index (κ3) is 5.05. The number of ether oxygens (including phenoxy) is 2. The molecule has 158 valence electrons. The zero-order valence-corrected chi connectivity index (χ0v) is 17.9. The number of phenols is 1. The van der Waals surface area contributed by atoms with Crippen LogP contribution in [0, 0.1) is 0 Å². The Balaban J connectivity index is 1.72. The van der Waals surface area contributed by atoms with Gasteiger partial charge in [0.2, 0.25) is 0 Å². The van der Waals surface area contributed by atoms with Gasteiger partial charge in [-0.3, -0.25) is 0 Å². The Morgan fingerprint density at radius 3 is 2.23 bits per heavy atom. The lowest BCUT2D eigenvalue weighted by Crippen LogP contribution is -2.27. The number of aromatic nitrogens is 2. The van der Waals surface area contributed by atoms with E-state index in [2.05, 4.69) is 15.5 Å². The van der Waals surface area contributed by atoms with Crippen molar-refractivity contribution in [2.45, 2.75) is 12.5 Å². The summed E-state index contributed by atoms with van der Waals surface area (Å²) in [5.74, 6) is 1.61. The number of anilines is 1. The van der Waals surface area contributed by atoms with Gasteiger partial charge in [0.05, 0.1) is 42.6 Å². The number of aliphatic hydroxyl groups excluding tert-OH is 1. The molecule has 0 aliphatic rings. The minimum atomic E-state index is -0.277. The van der Waals surface area contributed by atoms with E-state index in [1.165, 1.54) is 0 Å². The normalized spacial score (nSPS) is 11.8. The van der Waals surface area contributed by atoms with Crippen LogP contribution in [-0.4, -0.2) is 47.3 Å². The number of methoxy groups -OCH3 is 2. The van der Waals surface area contributed by atoms with Gasteiger partial charge in [-0.25, -0.2) is 0 Å². The number of nitrogens with one attached hydrogen (secondary N) is 1. The molecule has 30 heavy (non-hydrogen) atoms. The summed E-state index contributed by atoms with van der Waals surface area (Å²) in [7, 11) is 3.16. The number of aliphatic hydroxyl groups is 1. The van der Waals surface area contributed by atoms with Crippen molar-refractivity contribution in [3.8, 4) is 28.5 Å². The lowest BCUT2D eigenvalue weighted by Gasteiger charge is -2.18. The van der Waals surface area contributed by atoms with Crippen LogP contribution in [0.2, 0.25) is 10.0 Å². The Labute approximate surface area is 184 Å². The standard InChI is InChI=1S/C21H21Cl2N3O4/c1-29-18-5-3-12(8-19(18)30-2)7-14(11-27)24-20-6-4-17(25-26-20)13-9-15(22)21(28)16(23)10-13/h3-6,8-10,14,27-28H,7,11H2,1-2H3,(H,24,26). The number of rotatable bonds is 8. The summed E-state index contributed by atoms with van der Waals surface area (Å²) >= 11 is 11.9. The largest absolute Gasteiger partial charge is 0.505 e. The van der Waals surface area contributed by atoms with Crippen LogP contribution in [0.1, 0.15) is 5.56 Å². The number of hydrogen-bond donors (Lipinski definition) is 3. The highest BCUT2D eigenvalue weighted by molar-refractivity contribution is 6.37. The van der Waals surface area contributed by atoms with Gasteiger partial charge in [-0.2, -0.15) is 0 Å².